The Kier molecular flexibility index (Phi) is 8.30. The highest BCUT2D eigenvalue weighted by atomic mass is 32.2. The normalized spacial score (nSPS) is 21.0. The zero-order valence-electron chi connectivity index (χ0n) is 12.8. The van der Waals surface area contributed by atoms with Crippen LogP contribution in [0.15, 0.2) is 4.99 Å². The van der Waals surface area contributed by atoms with Crippen molar-refractivity contribution in [2.75, 3.05) is 45.6 Å². The average Bonchev–Trinajstić information content (AvgIpc) is 2.42. The number of guanidine groups is 1. The standard InChI is InChI=1S/C14H29N3OS/c1-5-15-14(16-7-6-9-18-4)17-8-10-19-13(11-17)12(2)3/h12-13H,5-11H2,1-4H3,(H,15,16). The summed E-state index contributed by atoms with van der Waals surface area (Å²) in [5, 5.41) is 4.13. The number of hydrogen-bond donors (Lipinski definition) is 1. The van der Waals surface area contributed by atoms with Gasteiger partial charge in [-0.15, -0.1) is 0 Å². The summed E-state index contributed by atoms with van der Waals surface area (Å²) in [6.07, 6.45) is 0.988. The lowest BCUT2D eigenvalue weighted by Gasteiger charge is -2.36. The molecule has 0 spiro atoms. The molecule has 1 rings (SSSR count). The van der Waals surface area contributed by atoms with E-state index in [0.717, 1.165) is 56.3 Å². The number of nitrogens with zero attached hydrogens (tertiary/aromatic N) is 2. The highest BCUT2D eigenvalue weighted by Gasteiger charge is 2.24. The van der Waals surface area contributed by atoms with E-state index < -0.39 is 0 Å². The second-order valence-electron chi connectivity index (χ2n) is 5.18. The molecule has 0 amide bonds. The van der Waals surface area contributed by atoms with Crippen molar-refractivity contribution in [3.05, 3.63) is 0 Å². The van der Waals surface area contributed by atoms with Gasteiger partial charge in [0.05, 0.1) is 0 Å². The van der Waals surface area contributed by atoms with E-state index in [0.29, 0.717) is 0 Å². The lowest BCUT2D eigenvalue weighted by Crippen LogP contribution is -2.49. The molecule has 0 aromatic carbocycles. The number of thioether (sulfide) groups is 1. The first-order chi connectivity index (χ1) is 9.19. The maximum atomic E-state index is 5.07. The summed E-state index contributed by atoms with van der Waals surface area (Å²) in [6.45, 7) is 11.5. The van der Waals surface area contributed by atoms with E-state index in [9.17, 15) is 0 Å². The summed E-state index contributed by atoms with van der Waals surface area (Å²) in [4.78, 5) is 7.12. The van der Waals surface area contributed by atoms with Crippen LogP contribution >= 0.6 is 11.8 Å². The summed E-state index contributed by atoms with van der Waals surface area (Å²) < 4.78 is 5.07. The molecule has 1 aliphatic rings. The predicted molar refractivity (Wildman–Crippen MR) is 85.1 cm³/mol. The first-order valence-corrected chi connectivity index (χ1v) is 8.37. The molecule has 1 N–H and O–H groups in total. The van der Waals surface area contributed by atoms with Gasteiger partial charge in [-0.2, -0.15) is 11.8 Å². The summed E-state index contributed by atoms with van der Waals surface area (Å²) in [5.41, 5.74) is 0. The Hall–Kier alpha value is -0.420. The van der Waals surface area contributed by atoms with Gasteiger partial charge in [0.15, 0.2) is 5.96 Å². The molecule has 1 saturated heterocycles. The van der Waals surface area contributed by atoms with Gasteiger partial charge in [0.25, 0.3) is 0 Å². The Bertz CT molecular complexity index is 271. The van der Waals surface area contributed by atoms with E-state index in [4.69, 9.17) is 9.73 Å². The van der Waals surface area contributed by atoms with Gasteiger partial charge in [-0.05, 0) is 19.3 Å². The lowest BCUT2D eigenvalue weighted by molar-refractivity contribution is 0.197. The van der Waals surface area contributed by atoms with Crippen molar-refractivity contribution in [3.63, 3.8) is 0 Å². The SMILES string of the molecule is CCNC(=NCCCOC)N1CCSC(C(C)C)C1. The van der Waals surface area contributed by atoms with Gasteiger partial charge >= 0.3 is 0 Å². The van der Waals surface area contributed by atoms with E-state index in [-0.39, 0.29) is 0 Å². The predicted octanol–water partition coefficient (Wildman–Crippen LogP) is 2.06. The number of rotatable bonds is 6. The van der Waals surface area contributed by atoms with Crippen LogP contribution in [-0.2, 0) is 4.74 Å². The maximum Gasteiger partial charge on any atom is 0.193 e. The van der Waals surface area contributed by atoms with Crippen molar-refractivity contribution < 1.29 is 4.74 Å². The first-order valence-electron chi connectivity index (χ1n) is 7.32. The molecule has 4 nitrogen and oxygen atoms in total. The van der Waals surface area contributed by atoms with Crippen LogP contribution in [0.5, 0.6) is 0 Å². The van der Waals surface area contributed by atoms with E-state index in [2.05, 4.69) is 42.7 Å². The maximum absolute atomic E-state index is 5.07. The molecule has 5 heteroatoms. The van der Waals surface area contributed by atoms with E-state index in [1.54, 1.807) is 7.11 Å². The zero-order valence-corrected chi connectivity index (χ0v) is 13.6. The molecular weight excluding hydrogens is 258 g/mol. The number of hydrogen-bond acceptors (Lipinski definition) is 3. The molecule has 0 aromatic rings. The number of aliphatic imine (C=N–C) groups is 1. The summed E-state index contributed by atoms with van der Waals surface area (Å²) >= 11 is 2.10. The van der Waals surface area contributed by atoms with Gasteiger partial charge in [-0.1, -0.05) is 13.8 Å². The van der Waals surface area contributed by atoms with Crippen LogP contribution in [0.3, 0.4) is 0 Å². The van der Waals surface area contributed by atoms with Crippen LogP contribution < -0.4 is 5.32 Å². The number of nitrogens with one attached hydrogen (secondary N) is 1. The number of methoxy groups -OCH3 is 1. The third-order valence-electron chi connectivity index (χ3n) is 3.24. The summed E-state index contributed by atoms with van der Waals surface area (Å²) in [7, 11) is 1.74. The second-order valence-corrected chi connectivity index (χ2v) is 6.53. The van der Waals surface area contributed by atoms with Crippen molar-refractivity contribution in [1.82, 2.24) is 10.2 Å². The molecule has 1 heterocycles. The lowest BCUT2D eigenvalue weighted by atomic mass is 10.1. The summed E-state index contributed by atoms with van der Waals surface area (Å²) in [6, 6.07) is 0. The van der Waals surface area contributed by atoms with Gasteiger partial charge < -0.3 is 15.0 Å². The van der Waals surface area contributed by atoms with E-state index in [1.807, 2.05) is 0 Å². The summed E-state index contributed by atoms with van der Waals surface area (Å²) in [5.74, 6) is 3.00. The quantitative estimate of drug-likeness (QED) is 0.461. The van der Waals surface area contributed by atoms with Crippen LogP contribution in [0.1, 0.15) is 27.2 Å². The van der Waals surface area contributed by atoms with Gasteiger partial charge in [0.1, 0.15) is 0 Å². The highest BCUT2D eigenvalue weighted by molar-refractivity contribution is 8.00. The van der Waals surface area contributed by atoms with Gasteiger partial charge in [-0.25, -0.2) is 0 Å². The Balaban J connectivity index is 2.53. The highest BCUT2D eigenvalue weighted by Crippen LogP contribution is 2.24. The molecule has 0 aliphatic carbocycles. The molecule has 0 saturated carbocycles. The fraction of sp³-hybridized carbons (Fsp3) is 0.929. The Morgan fingerprint density at radius 1 is 1.53 bits per heavy atom. The minimum absolute atomic E-state index is 0.719. The van der Waals surface area contributed by atoms with Crippen molar-refractivity contribution >= 4 is 17.7 Å². The van der Waals surface area contributed by atoms with Crippen molar-refractivity contribution in [2.45, 2.75) is 32.4 Å². The number of ether oxygens (including phenoxy) is 1. The van der Waals surface area contributed by atoms with Crippen molar-refractivity contribution in [1.29, 1.82) is 0 Å². The molecule has 112 valence electrons. The molecule has 1 unspecified atom stereocenters. The Morgan fingerprint density at radius 3 is 2.95 bits per heavy atom. The van der Waals surface area contributed by atoms with Crippen molar-refractivity contribution in [2.24, 2.45) is 10.9 Å². The van der Waals surface area contributed by atoms with Crippen LogP contribution in [-0.4, -0.2) is 61.8 Å². The smallest absolute Gasteiger partial charge is 0.193 e. The van der Waals surface area contributed by atoms with Crippen LogP contribution in [0.2, 0.25) is 0 Å². The average molecular weight is 287 g/mol. The third-order valence-corrected chi connectivity index (χ3v) is 4.78. The molecule has 0 bridgehead atoms. The van der Waals surface area contributed by atoms with Crippen LogP contribution in [0.25, 0.3) is 0 Å². The molecule has 1 atom stereocenters. The zero-order chi connectivity index (χ0) is 14.1. The van der Waals surface area contributed by atoms with E-state index >= 15 is 0 Å². The minimum atomic E-state index is 0.719. The van der Waals surface area contributed by atoms with Crippen LogP contribution in [0.4, 0.5) is 0 Å². The first kappa shape index (κ1) is 16.6. The minimum Gasteiger partial charge on any atom is -0.385 e. The van der Waals surface area contributed by atoms with Crippen molar-refractivity contribution in [3.8, 4) is 0 Å². The second kappa shape index (κ2) is 9.48. The molecule has 0 radical (unpaired) electrons. The molecule has 1 aliphatic heterocycles. The fourth-order valence-electron chi connectivity index (χ4n) is 2.09. The third kappa shape index (κ3) is 6.04. The topological polar surface area (TPSA) is 36.9 Å². The molecule has 0 aromatic heterocycles. The fourth-order valence-corrected chi connectivity index (χ4v) is 3.39. The largest absolute Gasteiger partial charge is 0.385 e. The monoisotopic (exact) mass is 287 g/mol. The molecular formula is C14H29N3OS. The van der Waals surface area contributed by atoms with Gasteiger partial charge in [-0.3, -0.25) is 4.99 Å². The van der Waals surface area contributed by atoms with Gasteiger partial charge in [0, 0.05) is 50.9 Å². The molecule has 1 fully saturated rings. The van der Waals surface area contributed by atoms with E-state index in [1.165, 1.54) is 5.75 Å². The Morgan fingerprint density at radius 2 is 2.32 bits per heavy atom. The molecule has 19 heavy (non-hydrogen) atoms. The van der Waals surface area contributed by atoms with Gasteiger partial charge in [0.2, 0.25) is 0 Å². The van der Waals surface area contributed by atoms with Crippen LogP contribution in [0, 0.1) is 5.92 Å². The Labute approximate surface area is 122 Å².